The van der Waals surface area contributed by atoms with Gasteiger partial charge < -0.3 is 10.6 Å². The minimum atomic E-state index is -0.510. The molecule has 0 spiro atoms. The van der Waals surface area contributed by atoms with Crippen LogP contribution in [0.25, 0.3) is 0 Å². The van der Waals surface area contributed by atoms with Crippen LogP contribution in [0.5, 0.6) is 0 Å². The lowest BCUT2D eigenvalue weighted by Crippen LogP contribution is -2.45. The van der Waals surface area contributed by atoms with Gasteiger partial charge in [0.2, 0.25) is 11.8 Å². The molecule has 2 rings (SSSR count). The van der Waals surface area contributed by atoms with Gasteiger partial charge in [0, 0.05) is 18.4 Å². The SMILES string of the molecule is CC(C)(CNC(=O)C1CCC(=O)N1)c1ccccc1F. The first-order chi connectivity index (χ1) is 9.40. The molecule has 1 unspecified atom stereocenters. The zero-order valence-corrected chi connectivity index (χ0v) is 11.7. The number of hydrogen-bond acceptors (Lipinski definition) is 2. The van der Waals surface area contributed by atoms with E-state index in [1.807, 2.05) is 13.8 Å². The number of carbonyl (C=O) groups is 2. The lowest BCUT2D eigenvalue weighted by Gasteiger charge is -2.26. The third-order valence-electron chi connectivity index (χ3n) is 3.62. The zero-order valence-electron chi connectivity index (χ0n) is 11.7. The average molecular weight is 278 g/mol. The number of carbonyl (C=O) groups excluding carboxylic acids is 2. The van der Waals surface area contributed by atoms with Crippen molar-refractivity contribution in [2.45, 2.75) is 38.1 Å². The van der Waals surface area contributed by atoms with Crippen LogP contribution < -0.4 is 10.6 Å². The molecule has 1 saturated heterocycles. The molecule has 0 radical (unpaired) electrons. The molecule has 2 N–H and O–H groups in total. The van der Waals surface area contributed by atoms with Gasteiger partial charge >= 0.3 is 0 Å². The van der Waals surface area contributed by atoms with Gasteiger partial charge in [0.05, 0.1) is 0 Å². The van der Waals surface area contributed by atoms with Crippen LogP contribution in [0.1, 0.15) is 32.3 Å². The molecule has 0 aromatic heterocycles. The van der Waals surface area contributed by atoms with E-state index in [9.17, 15) is 14.0 Å². The summed E-state index contributed by atoms with van der Waals surface area (Å²) in [6.45, 7) is 4.07. The fourth-order valence-electron chi connectivity index (χ4n) is 2.35. The quantitative estimate of drug-likeness (QED) is 0.877. The summed E-state index contributed by atoms with van der Waals surface area (Å²) < 4.78 is 13.8. The second-order valence-corrected chi connectivity index (χ2v) is 5.74. The van der Waals surface area contributed by atoms with Crippen LogP contribution in [0, 0.1) is 5.82 Å². The fourth-order valence-corrected chi connectivity index (χ4v) is 2.35. The van der Waals surface area contributed by atoms with Gasteiger partial charge in [0.15, 0.2) is 0 Å². The van der Waals surface area contributed by atoms with E-state index in [-0.39, 0.29) is 17.6 Å². The standard InChI is InChI=1S/C15H19FN2O2/c1-15(2,10-5-3-4-6-11(10)16)9-17-14(20)12-7-8-13(19)18-12/h3-6,12H,7-9H2,1-2H3,(H,17,20)(H,18,19). The second kappa shape index (κ2) is 5.61. The molecule has 1 heterocycles. The van der Waals surface area contributed by atoms with Crippen LogP contribution in [-0.2, 0) is 15.0 Å². The van der Waals surface area contributed by atoms with Gasteiger partial charge in [-0.05, 0) is 18.1 Å². The lowest BCUT2D eigenvalue weighted by molar-refractivity contribution is -0.125. The van der Waals surface area contributed by atoms with Gasteiger partial charge in [-0.15, -0.1) is 0 Å². The second-order valence-electron chi connectivity index (χ2n) is 5.74. The van der Waals surface area contributed by atoms with E-state index in [2.05, 4.69) is 10.6 Å². The molecular formula is C15H19FN2O2. The molecule has 108 valence electrons. The summed E-state index contributed by atoms with van der Waals surface area (Å²) in [5, 5.41) is 5.41. The van der Waals surface area contributed by atoms with Crippen molar-refractivity contribution in [2.75, 3.05) is 6.54 Å². The van der Waals surface area contributed by atoms with Gasteiger partial charge in [0.25, 0.3) is 0 Å². The summed E-state index contributed by atoms with van der Waals surface area (Å²) in [5.74, 6) is -0.584. The fraction of sp³-hybridized carbons (Fsp3) is 0.467. The van der Waals surface area contributed by atoms with Crippen molar-refractivity contribution >= 4 is 11.8 Å². The predicted molar refractivity (Wildman–Crippen MR) is 73.6 cm³/mol. The first-order valence-corrected chi connectivity index (χ1v) is 6.72. The summed E-state index contributed by atoms with van der Waals surface area (Å²) in [6.07, 6.45) is 0.902. The van der Waals surface area contributed by atoms with Crippen molar-refractivity contribution in [1.29, 1.82) is 0 Å². The smallest absolute Gasteiger partial charge is 0.242 e. The van der Waals surface area contributed by atoms with E-state index in [1.54, 1.807) is 18.2 Å². The van der Waals surface area contributed by atoms with E-state index in [0.717, 1.165) is 0 Å². The molecule has 1 aliphatic rings. The first-order valence-electron chi connectivity index (χ1n) is 6.72. The molecule has 1 fully saturated rings. The van der Waals surface area contributed by atoms with Crippen molar-refractivity contribution < 1.29 is 14.0 Å². The molecular weight excluding hydrogens is 259 g/mol. The Labute approximate surface area is 117 Å². The van der Waals surface area contributed by atoms with Crippen molar-refractivity contribution in [3.8, 4) is 0 Å². The highest BCUT2D eigenvalue weighted by molar-refractivity contribution is 5.90. The van der Waals surface area contributed by atoms with E-state index in [4.69, 9.17) is 0 Å². The highest BCUT2D eigenvalue weighted by Gasteiger charge is 2.29. The van der Waals surface area contributed by atoms with E-state index < -0.39 is 11.5 Å². The number of nitrogens with one attached hydrogen (secondary N) is 2. The molecule has 2 amide bonds. The molecule has 1 aromatic carbocycles. The van der Waals surface area contributed by atoms with Crippen LogP contribution in [0.15, 0.2) is 24.3 Å². The minimum absolute atomic E-state index is 0.0986. The summed E-state index contributed by atoms with van der Waals surface area (Å²) >= 11 is 0. The van der Waals surface area contributed by atoms with E-state index in [1.165, 1.54) is 6.07 Å². The van der Waals surface area contributed by atoms with E-state index in [0.29, 0.717) is 24.9 Å². The summed E-state index contributed by atoms with van der Waals surface area (Å²) in [7, 11) is 0. The third-order valence-corrected chi connectivity index (χ3v) is 3.62. The minimum Gasteiger partial charge on any atom is -0.353 e. The third kappa shape index (κ3) is 3.15. The normalized spacial score (nSPS) is 18.8. The van der Waals surface area contributed by atoms with Crippen LogP contribution in [0.2, 0.25) is 0 Å². The Kier molecular flexibility index (Phi) is 4.06. The Hall–Kier alpha value is -1.91. The number of hydrogen-bond donors (Lipinski definition) is 2. The van der Waals surface area contributed by atoms with Crippen LogP contribution in [-0.4, -0.2) is 24.4 Å². The number of rotatable bonds is 4. The molecule has 0 aliphatic carbocycles. The van der Waals surface area contributed by atoms with Gasteiger partial charge in [-0.1, -0.05) is 32.0 Å². The average Bonchev–Trinajstić information content (AvgIpc) is 2.83. The van der Waals surface area contributed by atoms with Crippen LogP contribution >= 0.6 is 0 Å². The highest BCUT2D eigenvalue weighted by atomic mass is 19.1. The first kappa shape index (κ1) is 14.5. The monoisotopic (exact) mass is 278 g/mol. The molecule has 1 atom stereocenters. The van der Waals surface area contributed by atoms with Gasteiger partial charge in [0.1, 0.15) is 11.9 Å². The van der Waals surface area contributed by atoms with Crippen molar-refractivity contribution in [1.82, 2.24) is 10.6 Å². The van der Waals surface area contributed by atoms with Gasteiger partial charge in [-0.25, -0.2) is 4.39 Å². The molecule has 0 saturated carbocycles. The predicted octanol–water partition coefficient (Wildman–Crippen LogP) is 1.50. The highest BCUT2D eigenvalue weighted by Crippen LogP contribution is 2.24. The lowest BCUT2D eigenvalue weighted by atomic mass is 9.84. The summed E-state index contributed by atoms with van der Waals surface area (Å²) in [4.78, 5) is 23.0. The van der Waals surface area contributed by atoms with Gasteiger partial charge in [-0.3, -0.25) is 9.59 Å². The largest absolute Gasteiger partial charge is 0.353 e. The Balaban J connectivity index is 1.97. The zero-order chi connectivity index (χ0) is 14.8. The van der Waals surface area contributed by atoms with Crippen LogP contribution in [0.3, 0.4) is 0 Å². The number of amides is 2. The number of benzene rings is 1. The molecule has 0 bridgehead atoms. The van der Waals surface area contributed by atoms with Crippen LogP contribution in [0.4, 0.5) is 4.39 Å². The topological polar surface area (TPSA) is 58.2 Å². The Morgan fingerprint density at radius 2 is 2.15 bits per heavy atom. The van der Waals surface area contributed by atoms with Crippen molar-refractivity contribution in [3.63, 3.8) is 0 Å². The van der Waals surface area contributed by atoms with Gasteiger partial charge in [-0.2, -0.15) is 0 Å². The molecule has 5 heteroatoms. The maximum absolute atomic E-state index is 13.8. The maximum atomic E-state index is 13.8. The van der Waals surface area contributed by atoms with Crippen molar-refractivity contribution in [3.05, 3.63) is 35.6 Å². The summed E-state index contributed by atoms with van der Waals surface area (Å²) in [5.41, 5.74) is 0.0552. The molecule has 1 aromatic rings. The Bertz CT molecular complexity index is 528. The summed E-state index contributed by atoms with van der Waals surface area (Å²) in [6, 6.07) is 6.09. The molecule has 1 aliphatic heterocycles. The van der Waals surface area contributed by atoms with Crippen molar-refractivity contribution in [2.24, 2.45) is 0 Å². The van der Waals surface area contributed by atoms with E-state index >= 15 is 0 Å². The maximum Gasteiger partial charge on any atom is 0.242 e. The Morgan fingerprint density at radius 3 is 2.75 bits per heavy atom. The molecule has 20 heavy (non-hydrogen) atoms. The molecule has 4 nitrogen and oxygen atoms in total. The number of halogens is 1. The Morgan fingerprint density at radius 1 is 1.45 bits per heavy atom.